The predicted molar refractivity (Wildman–Crippen MR) is 338 cm³/mol. The lowest BCUT2D eigenvalue weighted by atomic mass is 9.72. The number of phenolic OH excluding ortho intramolecular Hbond substituents is 2. The highest BCUT2D eigenvalue weighted by Gasteiger charge is 2.44. The van der Waals surface area contributed by atoms with Gasteiger partial charge < -0.3 is 46.2 Å². The van der Waals surface area contributed by atoms with Gasteiger partial charge in [0.25, 0.3) is 11.8 Å². The van der Waals surface area contributed by atoms with E-state index in [1.165, 1.54) is 25.7 Å². The number of phenols is 2. The number of β-amino-alcohol motifs (C(OH)–C–C–N with tert-alkyl or cyclic N) is 2. The summed E-state index contributed by atoms with van der Waals surface area (Å²) in [4.78, 5) is 60.0. The van der Waals surface area contributed by atoms with E-state index in [0.717, 1.165) is 61.4 Å². The van der Waals surface area contributed by atoms with Gasteiger partial charge in [0.05, 0.1) is 46.5 Å². The fourth-order valence-electron chi connectivity index (χ4n) is 12.1. The molecule has 0 bridgehead atoms. The van der Waals surface area contributed by atoms with Gasteiger partial charge in [-0.1, -0.05) is 87.1 Å². The number of aliphatic hydroxyl groups excluding tert-OH is 2. The van der Waals surface area contributed by atoms with E-state index >= 15 is 0 Å². The summed E-state index contributed by atoms with van der Waals surface area (Å²) in [6.45, 7) is 17.5. The van der Waals surface area contributed by atoms with Gasteiger partial charge in [-0.05, 0) is 153 Å². The SMILES string of the molecule is CS(=O)(=O)[O-].Cc1c(O)cccc1C(=O)N[C@@H](CSc1ccccc1)[C@H](O)CN1C[C@H]2CCCC[C@H]2C[C@H]1C(=O)NC(C)(C)C.Cc1c(O)cccc1C(=O)N[C@@H](CSc1ccccc1)[C@H](O)CN1C[C@H]2CCCC[C@H]2C[C@H]1C(=O)NC(C)(C)C.[H+]. The van der Waals surface area contributed by atoms with Gasteiger partial charge in [-0.2, -0.15) is 0 Å². The number of amides is 4. The van der Waals surface area contributed by atoms with Gasteiger partial charge in [0.1, 0.15) is 11.5 Å². The van der Waals surface area contributed by atoms with Gasteiger partial charge in [0.2, 0.25) is 11.8 Å². The van der Waals surface area contributed by atoms with Crippen molar-refractivity contribution in [2.75, 3.05) is 43.9 Å². The molecule has 468 valence electrons. The Labute approximate surface area is 514 Å². The van der Waals surface area contributed by atoms with Gasteiger partial charge in [-0.25, -0.2) is 8.42 Å². The maximum absolute atomic E-state index is 13.5. The molecule has 4 aromatic rings. The minimum absolute atomic E-state index is 0. The summed E-state index contributed by atoms with van der Waals surface area (Å²) < 4.78 is 27.2. The molecule has 4 aliphatic rings. The van der Waals surface area contributed by atoms with Crippen LogP contribution in [-0.2, 0) is 19.7 Å². The summed E-state index contributed by atoms with van der Waals surface area (Å²) in [6.07, 6.45) is 9.95. The molecular weight excluding hydrogens is 1140 g/mol. The number of carbonyl (C=O) groups excluding carboxylic acids is 4. The number of carbonyl (C=O) groups is 4. The molecule has 0 spiro atoms. The highest BCUT2D eigenvalue weighted by atomic mass is 32.2. The quantitative estimate of drug-likeness (QED) is 0.0342. The molecule has 85 heavy (non-hydrogen) atoms. The van der Waals surface area contributed by atoms with Crippen molar-refractivity contribution in [1.82, 2.24) is 31.1 Å². The van der Waals surface area contributed by atoms with Crippen LogP contribution >= 0.6 is 23.5 Å². The molecular formula is C65H94N6O11S3. The molecule has 8 rings (SSSR count). The van der Waals surface area contributed by atoms with E-state index in [-0.39, 0.29) is 59.7 Å². The molecule has 8 N–H and O–H groups in total. The molecule has 4 fully saturated rings. The van der Waals surface area contributed by atoms with Crippen LogP contribution in [0.15, 0.2) is 107 Å². The zero-order chi connectivity index (χ0) is 62.2. The highest BCUT2D eigenvalue weighted by Crippen LogP contribution is 2.41. The Bertz CT molecular complexity index is 2740. The van der Waals surface area contributed by atoms with Crippen molar-refractivity contribution in [2.24, 2.45) is 23.7 Å². The smallest absolute Gasteiger partial charge is 0.748 e. The average molecular weight is 1230 g/mol. The number of hydrogen-bond donors (Lipinski definition) is 8. The topological polar surface area (TPSA) is 261 Å². The van der Waals surface area contributed by atoms with E-state index in [9.17, 15) is 39.6 Å². The Morgan fingerprint density at radius 2 is 0.906 bits per heavy atom. The van der Waals surface area contributed by atoms with Crippen molar-refractivity contribution >= 4 is 57.3 Å². The average Bonchev–Trinajstić information content (AvgIpc) is 1.39. The Morgan fingerprint density at radius 1 is 0.576 bits per heavy atom. The number of likely N-dealkylation sites (tertiary alicyclic amines) is 2. The number of hydrogen-bond acceptors (Lipinski definition) is 15. The molecule has 2 saturated carbocycles. The van der Waals surface area contributed by atoms with Crippen LogP contribution in [0.2, 0.25) is 0 Å². The normalized spacial score (nSPS) is 22.4. The first-order chi connectivity index (χ1) is 40.0. The molecule has 0 unspecified atom stereocenters. The van der Waals surface area contributed by atoms with E-state index in [2.05, 4.69) is 31.1 Å². The summed E-state index contributed by atoms with van der Waals surface area (Å²) in [6, 6.07) is 27.9. The third kappa shape index (κ3) is 22.2. The number of aliphatic hydroxyl groups is 2. The van der Waals surface area contributed by atoms with Crippen molar-refractivity contribution in [3.8, 4) is 11.5 Å². The van der Waals surface area contributed by atoms with Crippen molar-refractivity contribution in [2.45, 2.75) is 177 Å². The van der Waals surface area contributed by atoms with Crippen LogP contribution in [0.5, 0.6) is 11.5 Å². The molecule has 2 aliphatic carbocycles. The second-order valence-corrected chi connectivity index (χ2v) is 29.2. The van der Waals surface area contributed by atoms with Crippen LogP contribution in [0.3, 0.4) is 0 Å². The lowest BCUT2D eigenvalue weighted by Crippen LogP contribution is -2.60. The monoisotopic (exact) mass is 1230 g/mol. The van der Waals surface area contributed by atoms with Crippen molar-refractivity contribution in [1.29, 1.82) is 0 Å². The van der Waals surface area contributed by atoms with Crippen molar-refractivity contribution in [3.63, 3.8) is 0 Å². The first-order valence-electron chi connectivity index (χ1n) is 30.0. The van der Waals surface area contributed by atoms with Gasteiger partial charge in [0, 0.05) is 87.1 Å². The van der Waals surface area contributed by atoms with E-state index in [1.807, 2.05) is 102 Å². The third-order valence-electron chi connectivity index (χ3n) is 16.5. The van der Waals surface area contributed by atoms with E-state index in [0.29, 0.717) is 76.8 Å². The molecule has 20 heteroatoms. The number of fused-ring (bicyclic) bond motifs is 2. The van der Waals surface area contributed by atoms with E-state index in [4.69, 9.17) is 13.0 Å². The maximum Gasteiger partial charge on any atom is 1.00 e. The van der Waals surface area contributed by atoms with Gasteiger partial charge >= 0.3 is 1.43 Å². The molecule has 0 aromatic heterocycles. The number of rotatable bonds is 18. The summed E-state index contributed by atoms with van der Waals surface area (Å²) in [5.41, 5.74) is 1.09. The van der Waals surface area contributed by atoms with Crippen LogP contribution in [0.1, 0.15) is 139 Å². The predicted octanol–water partition coefficient (Wildman–Crippen LogP) is 8.77. The van der Waals surface area contributed by atoms with Crippen LogP contribution in [0.25, 0.3) is 0 Å². The minimum atomic E-state index is -3.92. The number of piperidine rings is 2. The van der Waals surface area contributed by atoms with Crippen molar-refractivity contribution in [3.05, 3.63) is 119 Å². The number of nitrogens with one attached hydrogen (secondary N) is 4. The zero-order valence-electron chi connectivity index (χ0n) is 52.1. The fourth-order valence-corrected chi connectivity index (χ4v) is 14.2. The zero-order valence-corrected chi connectivity index (χ0v) is 53.5. The number of benzene rings is 4. The molecule has 10 atom stereocenters. The van der Waals surface area contributed by atoms with Gasteiger partial charge in [-0.15, -0.1) is 23.5 Å². The summed E-state index contributed by atoms with van der Waals surface area (Å²) in [5, 5.41) is 56.0. The summed E-state index contributed by atoms with van der Waals surface area (Å²) in [7, 11) is -3.92. The number of nitrogens with zero attached hydrogens (tertiary/aromatic N) is 2. The molecule has 2 saturated heterocycles. The van der Waals surface area contributed by atoms with Crippen LogP contribution in [0.4, 0.5) is 0 Å². The summed E-state index contributed by atoms with van der Waals surface area (Å²) in [5.74, 6) is 2.54. The van der Waals surface area contributed by atoms with E-state index in [1.54, 1.807) is 73.8 Å². The first kappa shape index (κ1) is 68.9. The molecule has 2 aliphatic heterocycles. The number of aromatic hydroxyl groups is 2. The molecule has 17 nitrogen and oxygen atoms in total. The summed E-state index contributed by atoms with van der Waals surface area (Å²) >= 11 is 3.15. The molecule has 4 aromatic carbocycles. The van der Waals surface area contributed by atoms with Gasteiger partial charge in [0.15, 0.2) is 0 Å². The minimum Gasteiger partial charge on any atom is -0.748 e. The third-order valence-corrected chi connectivity index (χ3v) is 18.7. The van der Waals surface area contributed by atoms with Gasteiger partial charge in [-0.3, -0.25) is 29.0 Å². The molecule has 2 heterocycles. The second kappa shape index (κ2) is 31.6. The van der Waals surface area contributed by atoms with Crippen LogP contribution in [-0.4, -0.2) is 158 Å². The first-order valence-corrected chi connectivity index (χ1v) is 33.8. The Hall–Kier alpha value is -5.19. The van der Waals surface area contributed by atoms with Crippen LogP contribution in [0, 0.1) is 37.5 Å². The molecule has 4 amide bonds. The molecule has 0 radical (unpaired) electrons. The largest absolute Gasteiger partial charge is 1.00 e. The van der Waals surface area contributed by atoms with E-state index < -0.39 is 34.4 Å². The Kier molecular flexibility index (Phi) is 25.7. The lowest BCUT2D eigenvalue weighted by Gasteiger charge is -2.47. The van der Waals surface area contributed by atoms with Crippen LogP contribution < -0.4 is 21.3 Å². The Morgan fingerprint density at radius 3 is 1.24 bits per heavy atom. The van der Waals surface area contributed by atoms with Crippen molar-refractivity contribution < 1.29 is 54.0 Å². The standard InChI is InChI=1S/2C32H45N3O4S.CH4O3S/c2*1-21-25(15-10-16-28(21)36)30(38)33-26(20-40-24-13-6-5-7-14-24)29(37)19-35-18-23-12-9-8-11-22(23)17-27(35)31(39)34-32(2,3)4;1-5(2,3)4/h2*5-7,10,13-16,22-23,26-27,29,36-37H,8-9,11-12,17-20H2,1-4H3,(H,33,38)(H,34,39);1H3,(H,2,3,4)/t2*22-,23+,26-,27-,29+;/m00./s1. The highest BCUT2D eigenvalue weighted by molar-refractivity contribution is 7.99. The number of thioether (sulfide) groups is 2. The fraction of sp³-hybridized carbons (Fsp3) is 0.569. The second-order valence-electron chi connectivity index (χ2n) is 25.6. The maximum atomic E-state index is 13.5. The Balaban J connectivity index is 0.000000288. The lowest BCUT2D eigenvalue weighted by molar-refractivity contribution is -0.133.